The highest BCUT2D eigenvalue weighted by molar-refractivity contribution is 8.00. The number of hydrogen-bond acceptors (Lipinski definition) is 6. The molecule has 1 aliphatic rings. The molecule has 23 heavy (non-hydrogen) atoms. The van der Waals surface area contributed by atoms with E-state index in [1.807, 2.05) is 0 Å². The number of hydrogen-bond donors (Lipinski definition) is 0. The summed E-state index contributed by atoms with van der Waals surface area (Å²) in [5, 5.41) is 0.867. The summed E-state index contributed by atoms with van der Waals surface area (Å²) < 4.78 is 6.36. The monoisotopic (exact) mass is 350 g/mol. The van der Waals surface area contributed by atoms with Gasteiger partial charge in [-0.25, -0.2) is 4.98 Å². The van der Waals surface area contributed by atoms with Gasteiger partial charge in [0.15, 0.2) is 5.16 Å². The van der Waals surface area contributed by atoms with Crippen LogP contribution in [0.1, 0.15) is 23.8 Å². The SMILES string of the molecule is C=CCn1c(S[C@@H](C)C(=O)OC)nc2sc3c(c2c1=O)CCC3. The van der Waals surface area contributed by atoms with Crippen LogP contribution in [-0.2, 0) is 28.9 Å². The fourth-order valence-electron chi connectivity index (χ4n) is 2.81. The number of nitrogens with zero attached hydrogens (tertiary/aromatic N) is 2. The lowest BCUT2D eigenvalue weighted by molar-refractivity contribution is -0.139. The van der Waals surface area contributed by atoms with Crippen LogP contribution in [0.25, 0.3) is 10.2 Å². The van der Waals surface area contributed by atoms with Crippen LogP contribution in [0.3, 0.4) is 0 Å². The van der Waals surface area contributed by atoms with Crippen molar-refractivity contribution in [3.05, 3.63) is 33.4 Å². The summed E-state index contributed by atoms with van der Waals surface area (Å²) in [6, 6.07) is 0. The van der Waals surface area contributed by atoms with E-state index in [9.17, 15) is 9.59 Å². The second-order valence-corrected chi connectivity index (χ2v) is 7.81. The number of aromatic nitrogens is 2. The fourth-order valence-corrected chi connectivity index (χ4v) is 5.06. The van der Waals surface area contributed by atoms with E-state index in [0.717, 1.165) is 35.0 Å². The molecular weight excluding hydrogens is 332 g/mol. The van der Waals surface area contributed by atoms with Crippen LogP contribution in [0.2, 0.25) is 0 Å². The van der Waals surface area contributed by atoms with Gasteiger partial charge in [-0.1, -0.05) is 17.8 Å². The molecule has 0 aliphatic heterocycles. The number of fused-ring (bicyclic) bond motifs is 3. The van der Waals surface area contributed by atoms with Gasteiger partial charge in [0, 0.05) is 11.4 Å². The lowest BCUT2D eigenvalue weighted by Gasteiger charge is -2.13. The highest BCUT2D eigenvalue weighted by atomic mass is 32.2. The van der Waals surface area contributed by atoms with Crippen LogP contribution in [0.4, 0.5) is 0 Å². The first kappa shape index (κ1) is 16.3. The highest BCUT2D eigenvalue weighted by Gasteiger charge is 2.24. The largest absolute Gasteiger partial charge is 0.468 e. The van der Waals surface area contributed by atoms with E-state index in [0.29, 0.717) is 11.7 Å². The number of thioether (sulfide) groups is 1. The summed E-state index contributed by atoms with van der Waals surface area (Å²) >= 11 is 2.85. The molecule has 0 spiro atoms. The quantitative estimate of drug-likeness (QED) is 0.359. The van der Waals surface area contributed by atoms with Gasteiger partial charge in [0.25, 0.3) is 5.56 Å². The van der Waals surface area contributed by atoms with Gasteiger partial charge in [-0.05, 0) is 31.7 Å². The third-order valence-corrected chi connectivity index (χ3v) is 6.17. The maximum absolute atomic E-state index is 12.9. The van der Waals surface area contributed by atoms with Crippen molar-refractivity contribution < 1.29 is 9.53 Å². The number of rotatable bonds is 5. The normalized spacial score (nSPS) is 14.7. The maximum Gasteiger partial charge on any atom is 0.318 e. The number of carbonyl (C=O) groups excluding carboxylic acids is 1. The topological polar surface area (TPSA) is 61.2 Å². The van der Waals surface area contributed by atoms with Crippen molar-refractivity contribution >= 4 is 39.3 Å². The van der Waals surface area contributed by atoms with E-state index in [2.05, 4.69) is 11.6 Å². The van der Waals surface area contributed by atoms with Gasteiger partial charge in [0.2, 0.25) is 0 Å². The van der Waals surface area contributed by atoms with Crippen LogP contribution in [-0.4, -0.2) is 27.9 Å². The van der Waals surface area contributed by atoms with Crippen LogP contribution in [0, 0.1) is 0 Å². The van der Waals surface area contributed by atoms with Crippen molar-refractivity contribution in [3.8, 4) is 0 Å². The van der Waals surface area contributed by atoms with Crippen LogP contribution in [0.5, 0.6) is 0 Å². The molecule has 7 heteroatoms. The molecule has 2 aromatic heterocycles. The zero-order valence-corrected chi connectivity index (χ0v) is 14.8. The van der Waals surface area contributed by atoms with Crippen LogP contribution < -0.4 is 5.56 Å². The molecule has 3 rings (SSSR count). The van der Waals surface area contributed by atoms with E-state index >= 15 is 0 Å². The predicted molar refractivity (Wildman–Crippen MR) is 93.4 cm³/mol. The standard InChI is InChI=1S/C16H18N2O3S2/c1-4-8-18-14(19)12-10-6-5-7-11(10)23-13(12)17-16(18)22-9(2)15(20)21-3/h4,9H,1,5-8H2,2-3H3/t9-/m0/s1. The Morgan fingerprint density at radius 2 is 2.35 bits per heavy atom. The summed E-state index contributed by atoms with van der Waals surface area (Å²) in [6.45, 7) is 5.85. The Kier molecular flexibility index (Phi) is 4.59. The number of thiophene rings is 1. The predicted octanol–water partition coefficient (Wildman–Crippen LogP) is 2.79. The van der Waals surface area contributed by atoms with E-state index in [4.69, 9.17) is 4.74 Å². The summed E-state index contributed by atoms with van der Waals surface area (Å²) in [7, 11) is 1.36. The molecule has 0 bridgehead atoms. The van der Waals surface area contributed by atoms with Crippen molar-refractivity contribution in [2.45, 2.75) is 43.1 Å². The zero-order chi connectivity index (χ0) is 16.6. The van der Waals surface area contributed by atoms with Crippen molar-refractivity contribution in [1.29, 1.82) is 0 Å². The average Bonchev–Trinajstić information content (AvgIpc) is 3.10. The minimum absolute atomic E-state index is 0.0335. The zero-order valence-electron chi connectivity index (χ0n) is 13.1. The smallest absolute Gasteiger partial charge is 0.318 e. The Balaban J connectivity index is 2.13. The van der Waals surface area contributed by atoms with E-state index < -0.39 is 5.25 Å². The highest BCUT2D eigenvalue weighted by Crippen LogP contribution is 2.36. The lowest BCUT2D eigenvalue weighted by atomic mass is 10.2. The first-order valence-electron chi connectivity index (χ1n) is 7.47. The third-order valence-electron chi connectivity index (χ3n) is 3.92. The lowest BCUT2D eigenvalue weighted by Crippen LogP contribution is -2.24. The fraction of sp³-hybridized carbons (Fsp3) is 0.438. The van der Waals surface area contributed by atoms with Crippen LogP contribution >= 0.6 is 23.1 Å². The molecule has 122 valence electrons. The minimum Gasteiger partial charge on any atom is -0.468 e. The van der Waals surface area contributed by atoms with Crippen molar-refractivity contribution in [3.63, 3.8) is 0 Å². The molecule has 0 amide bonds. The molecule has 1 aliphatic carbocycles. The van der Waals surface area contributed by atoms with Gasteiger partial charge >= 0.3 is 5.97 Å². The first-order chi connectivity index (χ1) is 11.1. The molecule has 5 nitrogen and oxygen atoms in total. The molecule has 2 heterocycles. The number of aryl methyl sites for hydroxylation is 2. The number of carbonyl (C=O) groups is 1. The summed E-state index contributed by atoms with van der Waals surface area (Å²) in [6.07, 6.45) is 4.76. The van der Waals surface area contributed by atoms with Crippen LogP contribution in [0.15, 0.2) is 22.6 Å². The summed E-state index contributed by atoms with van der Waals surface area (Å²) in [5.41, 5.74) is 1.13. The van der Waals surface area contributed by atoms with E-state index in [-0.39, 0.29) is 11.5 Å². The molecule has 0 radical (unpaired) electrons. The van der Waals surface area contributed by atoms with Gasteiger partial charge in [-0.2, -0.15) is 0 Å². The Morgan fingerprint density at radius 3 is 3.04 bits per heavy atom. The molecular formula is C16H18N2O3S2. The molecule has 0 aromatic carbocycles. The maximum atomic E-state index is 12.9. The van der Waals surface area contributed by atoms with Gasteiger partial charge in [-0.15, -0.1) is 17.9 Å². The van der Waals surface area contributed by atoms with E-state index in [1.54, 1.807) is 28.9 Å². The van der Waals surface area contributed by atoms with Crippen molar-refractivity contribution in [1.82, 2.24) is 9.55 Å². The summed E-state index contributed by atoms with van der Waals surface area (Å²) in [5.74, 6) is -0.330. The van der Waals surface area contributed by atoms with Gasteiger partial charge in [-0.3, -0.25) is 14.2 Å². The van der Waals surface area contributed by atoms with Gasteiger partial charge < -0.3 is 4.74 Å². The van der Waals surface area contributed by atoms with Gasteiger partial charge in [0.1, 0.15) is 10.1 Å². The number of allylic oxidation sites excluding steroid dienone is 1. The Morgan fingerprint density at radius 1 is 1.57 bits per heavy atom. The molecule has 0 saturated carbocycles. The Bertz CT molecular complexity index is 838. The van der Waals surface area contributed by atoms with Gasteiger partial charge in [0.05, 0.1) is 12.5 Å². The minimum atomic E-state index is -0.424. The number of ether oxygens (including phenoxy) is 1. The molecule has 1 atom stereocenters. The summed E-state index contributed by atoms with van der Waals surface area (Å²) in [4.78, 5) is 31.3. The molecule has 0 N–H and O–H groups in total. The molecule has 0 unspecified atom stereocenters. The number of methoxy groups -OCH3 is 1. The molecule has 0 fully saturated rings. The average molecular weight is 350 g/mol. The van der Waals surface area contributed by atoms with Crippen molar-refractivity contribution in [2.24, 2.45) is 0 Å². The number of esters is 1. The second-order valence-electron chi connectivity index (χ2n) is 5.42. The first-order valence-corrected chi connectivity index (χ1v) is 9.17. The van der Waals surface area contributed by atoms with Crippen molar-refractivity contribution in [2.75, 3.05) is 7.11 Å². The molecule has 0 saturated heterocycles. The Hall–Kier alpha value is -1.60. The molecule has 2 aromatic rings. The Labute approximate surface area is 142 Å². The van der Waals surface area contributed by atoms with E-state index in [1.165, 1.54) is 23.7 Å². The second kappa shape index (κ2) is 6.49. The third kappa shape index (κ3) is 2.83.